The lowest BCUT2D eigenvalue weighted by molar-refractivity contribution is -0.141. The molecule has 0 bridgehead atoms. The van der Waals surface area contributed by atoms with Crippen molar-refractivity contribution in [2.45, 2.75) is 18.9 Å². The third-order valence-corrected chi connectivity index (χ3v) is 3.20. The highest BCUT2D eigenvalue weighted by Crippen LogP contribution is 2.25. The van der Waals surface area contributed by atoms with Crippen LogP contribution in [0, 0.1) is 0 Å². The van der Waals surface area contributed by atoms with Crippen molar-refractivity contribution in [1.29, 1.82) is 0 Å². The number of halogens is 1. The lowest BCUT2D eigenvalue weighted by atomic mass is 10.0. The first kappa shape index (κ1) is 16.5. The van der Waals surface area contributed by atoms with E-state index >= 15 is 0 Å². The molecule has 1 unspecified atom stereocenters. The highest BCUT2D eigenvalue weighted by atomic mass is 79.9. The van der Waals surface area contributed by atoms with Crippen LogP contribution < -0.4 is 10.1 Å². The largest absolute Gasteiger partial charge is 0.496 e. The molecule has 0 heterocycles. The Kier molecular flexibility index (Phi) is 5.52. The van der Waals surface area contributed by atoms with Gasteiger partial charge in [0.1, 0.15) is 5.75 Å². The van der Waals surface area contributed by atoms with Gasteiger partial charge in [-0.2, -0.15) is 0 Å². The van der Waals surface area contributed by atoms with Gasteiger partial charge in [-0.15, -0.1) is 0 Å². The summed E-state index contributed by atoms with van der Waals surface area (Å²) in [6.45, 7) is 1.20. The lowest BCUT2D eigenvalue weighted by Crippen LogP contribution is -2.42. The maximum Gasteiger partial charge on any atom is 0.306 e. The first-order chi connectivity index (χ1) is 9.25. The number of carboxylic acids is 1. The van der Waals surface area contributed by atoms with Crippen molar-refractivity contribution >= 4 is 27.8 Å². The predicted octanol–water partition coefficient (Wildman–Crippen LogP) is 1.41. The minimum atomic E-state index is -1.49. The number of hydrogen-bond acceptors (Lipinski definition) is 4. The zero-order chi connectivity index (χ0) is 15.3. The third-order valence-electron chi connectivity index (χ3n) is 2.58. The zero-order valence-electron chi connectivity index (χ0n) is 11.1. The summed E-state index contributed by atoms with van der Waals surface area (Å²) in [5.74, 6) is -0.935. The number of amides is 1. The van der Waals surface area contributed by atoms with Crippen molar-refractivity contribution in [2.75, 3.05) is 13.7 Å². The minimum Gasteiger partial charge on any atom is -0.496 e. The summed E-state index contributed by atoms with van der Waals surface area (Å²) in [6, 6.07) is 4.79. The van der Waals surface area contributed by atoms with E-state index in [1.54, 1.807) is 18.2 Å². The van der Waals surface area contributed by atoms with E-state index < -0.39 is 23.9 Å². The predicted molar refractivity (Wildman–Crippen MR) is 75.9 cm³/mol. The molecule has 0 aliphatic heterocycles. The Morgan fingerprint density at radius 1 is 1.45 bits per heavy atom. The molecule has 0 spiro atoms. The normalized spacial score (nSPS) is 13.4. The number of benzene rings is 1. The number of methoxy groups -OCH3 is 1. The van der Waals surface area contributed by atoms with E-state index in [2.05, 4.69) is 21.2 Å². The Hall–Kier alpha value is -1.60. The fourth-order valence-electron chi connectivity index (χ4n) is 1.57. The van der Waals surface area contributed by atoms with Crippen LogP contribution in [0.1, 0.15) is 23.7 Å². The van der Waals surface area contributed by atoms with Gasteiger partial charge in [-0.05, 0) is 41.1 Å². The molecule has 1 amide bonds. The lowest BCUT2D eigenvalue weighted by Gasteiger charge is -2.21. The molecule has 20 heavy (non-hydrogen) atoms. The van der Waals surface area contributed by atoms with Gasteiger partial charge in [0.05, 0.1) is 23.6 Å². The van der Waals surface area contributed by atoms with Gasteiger partial charge in [0.25, 0.3) is 5.91 Å². The smallest absolute Gasteiger partial charge is 0.306 e. The molecule has 0 saturated carbocycles. The number of nitrogens with one attached hydrogen (secondary N) is 1. The van der Waals surface area contributed by atoms with Gasteiger partial charge >= 0.3 is 5.97 Å². The summed E-state index contributed by atoms with van der Waals surface area (Å²) < 4.78 is 5.68. The van der Waals surface area contributed by atoms with Crippen molar-refractivity contribution in [2.24, 2.45) is 0 Å². The van der Waals surface area contributed by atoms with E-state index in [0.717, 1.165) is 0 Å². The minimum absolute atomic E-state index is 0.151. The van der Waals surface area contributed by atoms with E-state index in [1.807, 2.05) is 0 Å². The van der Waals surface area contributed by atoms with Gasteiger partial charge in [-0.25, -0.2) is 0 Å². The number of carboxylic acid groups (broad SMARTS) is 1. The summed E-state index contributed by atoms with van der Waals surface area (Å²) in [5, 5.41) is 20.9. The number of ether oxygens (including phenoxy) is 1. The van der Waals surface area contributed by atoms with Crippen LogP contribution in [-0.2, 0) is 4.79 Å². The van der Waals surface area contributed by atoms with E-state index in [1.165, 1.54) is 14.0 Å². The zero-order valence-corrected chi connectivity index (χ0v) is 12.7. The molecular formula is C13H16BrNO5. The molecule has 7 heteroatoms. The molecule has 0 aliphatic carbocycles. The van der Waals surface area contributed by atoms with Crippen molar-refractivity contribution in [1.82, 2.24) is 5.32 Å². The molecular weight excluding hydrogens is 330 g/mol. The molecule has 1 aromatic rings. The molecule has 6 nitrogen and oxygen atoms in total. The maximum absolute atomic E-state index is 11.9. The average molecular weight is 346 g/mol. The fraction of sp³-hybridized carbons (Fsp3) is 0.385. The first-order valence-electron chi connectivity index (χ1n) is 5.81. The second-order valence-electron chi connectivity index (χ2n) is 4.60. The Morgan fingerprint density at radius 3 is 2.60 bits per heavy atom. The van der Waals surface area contributed by atoms with Gasteiger partial charge in [0, 0.05) is 12.1 Å². The summed E-state index contributed by atoms with van der Waals surface area (Å²) in [5.41, 5.74) is -1.12. The number of rotatable bonds is 6. The van der Waals surface area contributed by atoms with E-state index in [9.17, 15) is 14.7 Å². The molecule has 0 aliphatic rings. The first-order valence-corrected chi connectivity index (χ1v) is 6.60. The molecule has 1 aromatic carbocycles. The van der Waals surface area contributed by atoms with Gasteiger partial charge in [0.15, 0.2) is 0 Å². The van der Waals surface area contributed by atoms with Gasteiger partial charge < -0.3 is 20.3 Å². The molecule has 0 radical (unpaired) electrons. The van der Waals surface area contributed by atoms with Crippen LogP contribution in [-0.4, -0.2) is 41.3 Å². The van der Waals surface area contributed by atoms with Crippen LogP contribution in [0.3, 0.4) is 0 Å². The Morgan fingerprint density at radius 2 is 2.10 bits per heavy atom. The third kappa shape index (κ3) is 4.82. The van der Waals surface area contributed by atoms with Gasteiger partial charge in [-0.1, -0.05) is 0 Å². The summed E-state index contributed by atoms with van der Waals surface area (Å²) >= 11 is 3.27. The highest BCUT2D eigenvalue weighted by molar-refractivity contribution is 9.10. The summed E-state index contributed by atoms with van der Waals surface area (Å²) in [7, 11) is 1.52. The van der Waals surface area contributed by atoms with E-state index in [4.69, 9.17) is 9.84 Å². The van der Waals surface area contributed by atoms with Crippen molar-refractivity contribution in [3.8, 4) is 5.75 Å². The fourth-order valence-corrected chi connectivity index (χ4v) is 2.11. The van der Waals surface area contributed by atoms with Crippen LogP contribution in [0.5, 0.6) is 5.75 Å². The summed E-state index contributed by atoms with van der Waals surface area (Å²) in [4.78, 5) is 22.4. The second kappa shape index (κ2) is 6.71. The number of carbonyl (C=O) groups is 2. The Bertz CT molecular complexity index is 515. The van der Waals surface area contributed by atoms with Crippen molar-refractivity contribution < 1.29 is 24.5 Å². The van der Waals surface area contributed by atoms with Crippen LogP contribution in [0.2, 0.25) is 0 Å². The number of carbonyl (C=O) groups excluding carboxylic acids is 1. The molecule has 3 N–H and O–H groups in total. The second-order valence-corrected chi connectivity index (χ2v) is 5.45. The van der Waals surface area contributed by atoms with E-state index in [-0.39, 0.29) is 6.54 Å². The summed E-state index contributed by atoms with van der Waals surface area (Å²) in [6.07, 6.45) is -0.445. The molecule has 1 atom stereocenters. The molecule has 0 fully saturated rings. The monoisotopic (exact) mass is 345 g/mol. The van der Waals surface area contributed by atoms with Crippen molar-refractivity contribution in [3.05, 3.63) is 28.2 Å². The number of aliphatic carboxylic acids is 1. The van der Waals surface area contributed by atoms with Crippen LogP contribution in [0.4, 0.5) is 0 Å². The molecule has 0 aromatic heterocycles. The standard InChI is InChI=1S/C13H16BrNO5/c1-13(19,6-11(16)17)7-15-12(18)8-3-4-10(20-2)9(14)5-8/h3-5,19H,6-7H2,1-2H3,(H,15,18)(H,16,17). The quantitative estimate of drug-likeness (QED) is 0.724. The average Bonchev–Trinajstić information content (AvgIpc) is 2.34. The Balaban J connectivity index is 2.68. The maximum atomic E-state index is 11.9. The van der Waals surface area contributed by atoms with Crippen molar-refractivity contribution in [3.63, 3.8) is 0 Å². The van der Waals surface area contributed by atoms with Crippen LogP contribution >= 0.6 is 15.9 Å². The number of hydrogen-bond donors (Lipinski definition) is 3. The van der Waals surface area contributed by atoms with Crippen LogP contribution in [0.15, 0.2) is 22.7 Å². The SMILES string of the molecule is COc1ccc(C(=O)NCC(C)(O)CC(=O)O)cc1Br. The van der Waals surface area contributed by atoms with Gasteiger partial charge in [-0.3, -0.25) is 9.59 Å². The molecule has 0 saturated heterocycles. The topological polar surface area (TPSA) is 95.9 Å². The van der Waals surface area contributed by atoms with Crippen LogP contribution in [0.25, 0.3) is 0 Å². The number of aliphatic hydroxyl groups is 1. The highest BCUT2D eigenvalue weighted by Gasteiger charge is 2.25. The Labute approximate surface area is 124 Å². The van der Waals surface area contributed by atoms with Gasteiger partial charge in [0.2, 0.25) is 0 Å². The molecule has 110 valence electrons. The molecule has 1 rings (SSSR count). The van der Waals surface area contributed by atoms with E-state index in [0.29, 0.717) is 15.8 Å².